The number of hydrogen-bond donors (Lipinski definition) is 0. The van der Waals surface area contributed by atoms with Crippen LogP contribution in [0.25, 0.3) is 0 Å². The van der Waals surface area contributed by atoms with Gasteiger partial charge in [-0.25, -0.2) is 4.98 Å². The van der Waals surface area contributed by atoms with E-state index in [1.54, 1.807) is 12.1 Å². The van der Waals surface area contributed by atoms with Crippen molar-refractivity contribution >= 4 is 17.4 Å². The van der Waals surface area contributed by atoms with Crippen LogP contribution in [0.5, 0.6) is 5.88 Å². The minimum atomic E-state index is -0.143. The number of methoxy groups -OCH3 is 1. The van der Waals surface area contributed by atoms with Gasteiger partial charge in [0.05, 0.1) is 7.11 Å². The van der Waals surface area contributed by atoms with Crippen molar-refractivity contribution in [2.24, 2.45) is 0 Å². The second-order valence-electron chi connectivity index (χ2n) is 4.79. The average Bonchev–Trinajstić information content (AvgIpc) is 2.47. The number of carbonyl (C=O) groups excluding carboxylic acids is 1. The van der Waals surface area contributed by atoms with Crippen molar-refractivity contribution in [3.05, 3.63) is 58.2 Å². The van der Waals surface area contributed by atoms with E-state index in [-0.39, 0.29) is 11.7 Å². The highest BCUT2D eigenvalue weighted by atomic mass is 35.5. The molecule has 1 aromatic carbocycles. The Morgan fingerprint density at radius 3 is 2.35 bits per heavy atom. The van der Waals surface area contributed by atoms with Gasteiger partial charge in [-0.2, -0.15) is 0 Å². The van der Waals surface area contributed by atoms with Gasteiger partial charge in [0.2, 0.25) is 11.7 Å². The van der Waals surface area contributed by atoms with Crippen LogP contribution in [0.2, 0.25) is 5.02 Å². The lowest BCUT2D eigenvalue weighted by atomic mass is 9.99. The Morgan fingerprint density at radius 1 is 1.15 bits per heavy atom. The van der Waals surface area contributed by atoms with Crippen LogP contribution in [-0.4, -0.2) is 17.9 Å². The number of ether oxygens (including phenoxy) is 1. The van der Waals surface area contributed by atoms with Gasteiger partial charge in [-0.1, -0.05) is 49.7 Å². The summed E-state index contributed by atoms with van der Waals surface area (Å²) in [4.78, 5) is 16.5. The summed E-state index contributed by atoms with van der Waals surface area (Å²) in [5.74, 6) is 0.555. The Bertz CT molecular complexity index is 621. The molecule has 0 bridgehead atoms. The maximum Gasteiger partial charge on any atom is 0.232 e. The van der Waals surface area contributed by atoms with E-state index in [0.717, 1.165) is 0 Å². The number of ketones is 1. The lowest BCUT2D eigenvalue weighted by molar-refractivity contribution is 0.103. The summed E-state index contributed by atoms with van der Waals surface area (Å²) in [6.07, 6.45) is 0. The van der Waals surface area contributed by atoms with Crippen molar-refractivity contribution in [2.45, 2.75) is 19.8 Å². The van der Waals surface area contributed by atoms with Crippen molar-refractivity contribution in [1.82, 2.24) is 4.98 Å². The zero-order valence-corrected chi connectivity index (χ0v) is 12.4. The first-order valence-electron chi connectivity index (χ1n) is 6.38. The number of rotatable bonds is 4. The van der Waals surface area contributed by atoms with Gasteiger partial charge in [0.25, 0.3) is 0 Å². The van der Waals surface area contributed by atoms with Gasteiger partial charge >= 0.3 is 0 Å². The molecular formula is C16H16ClNO2. The highest BCUT2D eigenvalue weighted by molar-refractivity contribution is 6.31. The maximum atomic E-state index is 12.3. The van der Waals surface area contributed by atoms with Crippen LogP contribution >= 0.6 is 11.6 Å². The van der Waals surface area contributed by atoms with Crippen molar-refractivity contribution in [2.75, 3.05) is 7.11 Å². The topological polar surface area (TPSA) is 39.2 Å². The summed E-state index contributed by atoms with van der Waals surface area (Å²) in [7, 11) is 1.47. The van der Waals surface area contributed by atoms with Crippen LogP contribution in [0.3, 0.4) is 0 Å². The second kappa shape index (κ2) is 6.06. The summed E-state index contributed by atoms with van der Waals surface area (Å²) < 4.78 is 5.03. The van der Waals surface area contributed by atoms with Gasteiger partial charge in [0, 0.05) is 5.56 Å². The monoisotopic (exact) mass is 289 g/mol. The SMILES string of the molecule is COc1nc(C(=O)c2ccc(C(C)C)cc2)ccc1Cl. The van der Waals surface area contributed by atoms with Crippen LogP contribution in [0.1, 0.15) is 41.4 Å². The fraction of sp³-hybridized carbons (Fsp3) is 0.250. The van der Waals surface area contributed by atoms with Gasteiger partial charge < -0.3 is 4.74 Å². The Hall–Kier alpha value is -1.87. The van der Waals surface area contributed by atoms with Gasteiger partial charge in [-0.05, 0) is 23.6 Å². The maximum absolute atomic E-state index is 12.3. The fourth-order valence-corrected chi connectivity index (χ4v) is 2.04. The molecule has 0 unspecified atom stereocenters. The summed E-state index contributed by atoms with van der Waals surface area (Å²) in [5.41, 5.74) is 2.12. The molecule has 2 aromatic rings. The van der Waals surface area contributed by atoms with E-state index in [1.807, 2.05) is 24.3 Å². The molecular weight excluding hydrogens is 274 g/mol. The van der Waals surface area contributed by atoms with Crippen LogP contribution in [0.4, 0.5) is 0 Å². The Kier molecular flexibility index (Phi) is 4.40. The van der Waals surface area contributed by atoms with Crippen LogP contribution in [0.15, 0.2) is 36.4 Å². The largest absolute Gasteiger partial charge is 0.480 e. The lowest BCUT2D eigenvalue weighted by Gasteiger charge is -2.07. The third-order valence-corrected chi connectivity index (χ3v) is 3.37. The highest BCUT2D eigenvalue weighted by Gasteiger charge is 2.13. The van der Waals surface area contributed by atoms with Crippen molar-refractivity contribution in [3.8, 4) is 5.88 Å². The van der Waals surface area contributed by atoms with E-state index in [0.29, 0.717) is 22.2 Å². The van der Waals surface area contributed by atoms with Crippen LogP contribution in [-0.2, 0) is 0 Å². The van der Waals surface area contributed by atoms with E-state index < -0.39 is 0 Å². The number of carbonyl (C=O) groups is 1. The molecule has 0 amide bonds. The fourth-order valence-electron chi connectivity index (χ4n) is 1.86. The quantitative estimate of drug-likeness (QED) is 0.796. The molecule has 2 rings (SSSR count). The van der Waals surface area contributed by atoms with E-state index in [9.17, 15) is 4.79 Å². The first kappa shape index (κ1) is 14.5. The van der Waals surface area contributed by atoms with Crippen LogP contribution < -0.4 is 4.74 Å². The molecule has 4 heteroatoms. The third kappa shape index (κ3) is 2.99. The lowest BCUT2D eigenvalue weighted by Crippen LogP contribution is -2.05. The summed E-state index contributed by atoms with van der Waals surface area (Å²) in [6, 6.07) is 10.8. The number of halogens is 1. The molecule has 1 heterocycles. The van der Waals surface area contributed by atoms with Crippen LogP contribution in [0, 0.1) is 0 Å². The third-order valence-electron chi connectivity index (χ3n) is 3.08. The number of aromatic nitrogens is 1. The molecule has 0 saturated heterocycles. The normalized spacial score (nSPS) is 10.7. The Labute approximate surface area is 123 Å². The number of hydrogen-bond acceptors (Lipinski definition) is 3. The van der Waals surface area contributed by atoms with E-state index in [4.69, 9.17) is 16.3 Å². The number of nitrogens with zero attached hydrogens (tertiary/aromatic N) is 1. The molecule has 0 saturated carbocycles. The molecule has 0 aliphatic heterocycles. The van der Waals surface area contributed by atoms with Crippen molar-refractivity contribution in [3.63, 3.8) is 0 Å². The smallest absolute Gasteiger partial charge is 0.232 e. The molecule has 0 atom stereocenters. The Morgan fingerprint density at radius 2 is 1.80 bits per heavy atom. The summed E-state index contributed by atoms with van der Waals surface area (Å²) in [5, 5.41) is 0.388. The van der Waals surface area contributed by atoms with Gasteiger partial charge in [0.15, 0.2) is 0 Å². The first-order valence-corrected chi connectivity index (χ1v) is 6.76. The predicted octanol–water partition coefficient (Wildman–Crippen LogP) is 4.10. The first-order chi connectivity index (χ1) is 9.52. The predicted molar refractivity (Wildman–Crippen MR) is 79.8 cm³/mol. The number of pyridine rings is 1. The van der Waals surface area contributed by atoms with E-state index in [1.165, 1.54) is 12.7 Å². The van der Waals surface area contributed by atoms with Gasteiger partial charge in [-0.3, -0.25) is 4.79 Å². The van der Waals surface area contributed by atoms with Gasteiger partial charge in [-0.15, -0.1) is 0 Å². The Balaban J connectivity index is 2.31. The number of benzene rings is 1. The molecule has 0 N–H and O–H groups in total. The molecule has 0 aliphatic carbocycles. The second-order valence-corrected chi connectivity index (χ2v) is 5.20. The average molecular weight is 290 g/mol. The molecule has 0 fully saturated rings. The highest BCUT2D eigenvalue weighted by Crippen LogP contribution is 2.23. The molecule has 3 nitrogen and oxygen atoms in total. The molecule has 0 aliphatic rings. The van der Waals surface area contributed by atoms with E-state index in [2.05, 4.69) is 18.8 Å². The zero-order valence-electron chi connectivity index (χ0n) is 11.7. The van der Waals surface area contributed by atoms with E-state index >= 15 is 0 Å². The minimum absolute atomic E-state index is 0.143. The standard InChI is InChI=1S/C16H16ClNO2/c1-10(2)11-4-6-12(7-5-11)15(19)14-9-8-13(17)16(18-14)20-3/h4-10H,1-3H3. The molecule has 0 spiro atoms. The summed E-state index contributed by atoms with van der Waals surface area (Å²) in [6.45, 7) is 4.23. The summed E-state index contributed by atoms with van der Waals surface area (Å²) >= 11 is 5.90. The molecule has 20 heavy (non-hydrogen) atoms. The molecule has 104 valence electrons. The minimum Gasteiger partial charge on any atom is -0.480 e. The van der Waals surface area contributed by atoms with Crippen molar-refractivity contribution < 1.29 is 9.53 Å². The van der Waals surface area contributed by atoms with Crippen molar-refractivity contribution in [1.29, 1.82) is 0 Å². The molecule has 1 aromatic heterocycles. The molecule has 0 radical (unpaired) electrons. The zero-order chi connectivity index (χ0) is 14.7. The van der Waals surface area contributed by atoms with Gasteiger partial charge in [0.1, 0.15) is 10.7 Å².